The molecule has 1 aromatic heterocycles. The standard InChI is InChI=1S/C25H22N4O4S/c1-32-17-13-11-16(12-14-17)21(30)15-34-25-26-20-9-5-3-7-18(20)23(27-25)28-29-24(31)19-8-4-6-10-22(19)33-2/h3-14H,15H2,1-2H3,(H,29,31)(H,26,27,28). The summed E-state index contributed by atoms with van der Waals surface area (Å²) in [5.74, 6) is 1.31. The number of hydrogen-bond donors (Lipinski definition) is 2. The average Bonchev–Trinajstić information content (AvgIpc) is 2.90. The van der Waals surface area contributed by atoms with Gasteiger partial charge >= 0.3 is 0 Å². The topological polar surface area (TPSA) is 102 Å². The van der Waals surface area contributed by atoms with Crippen LogP contribution in [0.5, 0.6) is 11.5 Å². The Morgan fingerprint density at radius 2 is 1.62 bits per heavy atom. The fourth-order valence-corrected chi connectivity index (χ4v) is 3.97. The van der Waals surface area contributed by atoms with Gasteiger partial charge in [-0.1, -0.05) is 36.0 Å². The highest BCUT2D eigenvalue weighted by molar-refractivity contribution is 7.99. The number of hydrazine groups is 1. The molecule has 1 heterocycles. The molecule has 0 aliphatic rings. The lowest BCUT2D eigenvalue weighted by Crippen LogP contribution is -2.30. The van der Waals surface area contributed by atoms with Gasteiger partial charge in [-0.15, -0.1) is 0 Å². The number of carbonyl (C=O) groups is 2. The number of nitrogens with one attached hydrogen (secondary N) is 2. The fraction of sp³-hybridized carbons (Fsp3) is 0.120. The number of nitrogens with zero attached hydrogens (tertiary/aromatic N) is 2. The smallest absolute Gasteiger partial charge is 0.273 e. The quantitative estimate of drug-likeness (QED) is 0.159. The third-order valence-electron chi connectivity index (χ3n) is 4.97. The zero-order valence-corrected chi connectivity index (χ0v) is 19.4. The van der Waals surface area contributed by atoms with Crippen LogP contribution in [-0.2, 0) is 0 Å². The Labute approximate surface area is 200 Å². The number of amides is 1. The molecule has 2 N–H and O–H groups in total. The number of fused-ring (bicyclic) bond motifs is 1. The van der Waals surface area contributed by atoms with Gasteiger partial charge in [-0.3, -0.25) is 20.4 Å². The van der Waals surface area contributed by atoms with Crippen LogP contribution in [0.3, 0.4) is 0 Å². The van der Waals surface area contributed by atoms with E-state index >= 15 is 0 Å². The molecule has 0 saturated carbocycles. The molecule has 0 fully saturated rings. The fourth-order valence-electron chi connectivity index (χ4n) is 3.22. The van der Waals surface area contributed by atoms with Gasteiger partial charge in [-0.25, -0.2) is 9.97 Å². The number of thioether (sulfide) groups is 1. The van der Waals surface area contributed by atoms with Gasteiger partial charge < -0.3 is 9.47 Å². The maximum absolute atomic E-state index is 12.7. The van der Waals surface area contributed by atoms with Gasteiger partial charge in [0.15, 0.2) is 16.8 Å². The van der Waals surface area contributed by atoms with Crippen LogP contribution in [0.25, 0.3) is 10.9 Å². The summed E-state index contributed by atoms with van der Waals surface area (Å²) in [6, 6.07) is 21.3. The number of carbonyl (C=O) groups excluding carboxylic acids is 2. The van der Waals surface area contributed by atoms with Crippen molar-refractivity contribution in [1.82, 2.24) is 15.4 Å². The van der Waals surface area contributed by atoms with Crippen LogP contribution in [-0.4, -0.2) is 41.6 Å². The van der Waals surface area contributed by atoms with E-state index in [2.05, 4.69) is 20.8 Å². The summed E-state index contributed by atoms with van der Waals surface area (Å²) in [7, 11) is 3.09. The van der Waals surface area contributed by atoms with Crippen molar-refractivity contribution in [2.75, 3.05) is 25.4 Å². The Morgan fingerprint density at radius 1 is 0.882 bits per heavy atom. The van der Waals surface area contributed by atoms with E-state index in [0.717, 1.165) is 5.39 Å². The predicted molar refractivity (Wildman–Crippen MR) is 132 cm³/mol. The second-order valence-electron chi connectivity index (χ2n) is 7.09. The van der Waals surface area contributed by atoms with E-state index in [-0.39, 0.29) is 17.4 Å². The molecule has 172 valence electrons. The highest BCUT2D eigenvalue weighted by Gasteiger charge is 2.14. The van der Waals surface area contributed by atoms with Crippen molar-refractivity contribution in [2.24, 2.45) is 0 Å². The molecule has 8 nitrogen and oxygen atoms in total. The van der Waals surface area contributed by atoms with E-state index in [0.29, 0.717) is 39.1 Å². The Hall–Kier alpha value is -4.11. The number of hydrogen-bond acceptors (Lipinski definition) is 8. The maximum Gasteiger partial charge on any atom is 0.273 e. The molecule has 9 heteroatoms. The third kappa shape index (κ3) is 5.26. The lowest BCUT2D eigenvalue weighted by Gasteiger charge is -2.13. The normalized spacial score (nSPS) is 10.5. The molecule has 0 atom stereocenters. The molecule has 4 rings (SSSR count). The van der Waals surface area contributed by atoms with E-state index in [1.165, 1.54) is 18.9 Å². The summed E-state index contributed by atoms with van der Waals surface area (Å²) in [5.41, 5.74) is 7.21. The van der Waals surface area contributed by atoms with E-state index < -0.39 is 0 Å². The van der Waals surface area contributed by atoms with Crippen LogP contribution in [0.1, 0.15) is 20.7 Å². The molecule has 0 aliphatic carbocycles. The lowest BCUT2D eigenvalue weighted by atomic mass is 10.1. The van der Waals surface area contributed by atoms with Gasteiger partial charge in [-0.05, 0) is 48.5 Å². The van der Waals surface area contributed by atoms with Crippen molar-refractivity contribution in [1.29, 1.82) is 0 Å². The minimum absolute atomic E-state index is 0.0524. The second-order valence-corrected chi connectivity index (χ2v) is 8.03. The highest BCUT2D eigenvalue weighted by atomic mass is 32.2. The number of aromatic nitrogens is 2. The first kappa shape index (κ1) is 23.1. The monoisotopic (exact) mass is 474 g/mol. The number of Topliss-reactive ketones (excluding diaryl/α,β-unsaturated/α-hetero) is 1. The van der Waals surface area contributed by atoms with Crippen LogP contribution in [0.2, 0.25) is 0 Å². The SMILES string of the molecule is COc1ccc(C(=O)CSc2nc(NNC(=O)c3ccccc3OC)c3ccccc3n2)cc1. The molecule has 1 amide bonds. The Bertz CT molecular complexity index is 1330. The van der Waals surface area contributed by atoms with Gasteiger partial charge in [-0.2, -0.15) is 0 Å². The van der Waals surface area contributed by atoms with Gasteiger partial charge in [0.2, 0.25) is 0 Å². The summed E-state index contributed by atoms with van der Waals surface area (Å²) in [6.45, 7) is 0. The van der Waals surface area contributed by atoms with Crippen LogP contribution in [0.15, 0.2) is 78.0 Å². The molecule has 0 spiro atoms. The van der Waals surface area contributed by atoms with Crippen molar-refractivity contribution in [3.63, 3.8) is 0 Å². The first-order valence-electron chi connectivity index (χ1n) is 10.3. The first-order valence-corrected chi connectivity index (χ1v) is 11.3. The molecule has 0 saturated heterocycles. The van der Waals surface area contributed by atoms with Crippen LogP contribution >= 0.6 is 11.8 Å². The van der Waals surface area contributed by atoms with Crippen LogP contribution in [0, 0.1) is 0 Å². The van der Waals surface area contributed by atoms with Gasteiger partial charge in [0.1, 0.15) is 11.5 Å². The van der Waals surface area contributed by atoms with Crippen molar-refractivity contribution in [3.8, 4) is 11.5 Å². The molecular weight excluding hydrogens is 452 g/mol. The number of methoxy groups -OCH3 is 2. The molecule has 34 heavy (non-hydrogen) atoms. The van der Waals surface area contributed by atoms with Crippen LogP contribution < -0.4 is 20.3 Å². The number of benzene rings is 3. The minimum Gasteiger partial charge on any atom is -0.497 e. The molecule has 0 bridgehead atoms. The van der Waals surface area contributed by atoms with Crippen molar-refractivity contribution < 1.29 is 19.1 Å². The molecule has 0 unspecified atom stereocenters. The predicted octanol–water partition coefficient (Wildman–Crippen LogP) is 4.38. The molecule has 3 aromatic carbocycles. The summed E-state index contributed by atoms with van der Waals surface area (Å²) in [6.07, 6.45) is 0. The second kappa shape index (κ2) is 10.7. The number of anilines is 1. The summed E-state index contributed by atoms with van der Waals surface area (Å²) in [5, 5.41) is 1.14. The Kier molecular flexibility index (Phi) is 7.24. The first-order chi connectivity index (χ1) is 16.6. The van der Waals surface area contributed by atoms with Crippen molar-refractivity contribution >= 4 is 40.2 Å². The molecular formula is C25H22N4O4S. The van der Waals surface area contributed by atoms with Gasteiger partial charge in [0, 0.05) is 10.9 Å². The van der Waals surface area contributed by atoms with Gasteiger partial charge in [0.25, 0.3) is 5.91 Å². The summed E-state index contributed by atoms with van der Waals surface area (Å²) >= 11 is 1.22. The van der Waals surface area contributed by atoms with E-state index in [4.69, 9.17) is 9.47 Å². The van der Waals surface area contributed by atoms with Crippen molar-refractivity contribution in [3.05, 3.63) is 83.9 Å². The highest BCUT2D eigenvalue weighted by Crippen LogP contribution is 2.25. The van der Waals surface area contributed by atoms with E-state index in [1.54, 1.807) is 55.6 Å². The molecule has 0 aliphatic heterocycles. The average molecular weight is 475 g/mol. The molecule has 0 radical (unpaired) electrons. The van der Waals surface area contributed by atoms with Crippen molar-refractivity contribution in [2.45, 2.75) is 5.16 Å². The van der Waals surface area contributed by atoms with E-state index in [1.807, 2.05) is 24.3 Å². The summed E-state index contributed by atoms with van der Waals surface area (Å²) < 4.78 is 10.4. The maximum atomic E-state index is 12.7. The number of rotatable bonds is 9. The Balaban J connectivity index is 1.51. The molecule has 4 aromatic rings. The minimum atomic E-state index is -0.371. The zero-order valence-electron chi connectivity index (χ0n) is 18.6. The lowest BCUT2D eigenvalue weighted by molar-refractivity contribution is 0.0958. The summed E-state index contributed by atoms with van der Waals surface area (Å²) in [4.78, 5) is 34.4. The third-order valence-corrected chi connectivity index (χ3v) is 5.82. The number of ether oxygens (including phenoxy) is 2. The number of para-hydroxylation sites is 2. The number of ketones is 1. The zero-order chi connectivity index (χ0) is 23.9. The van der Waals surface area contributed by atoms with Gasteiger partial charge in [0.05, 0.1) is 31.1 Å². The largest absolute Gasteiger partial charge is 0.497 e. The van der Waals surface area contributed by atoms with Crippen LogP contribution in [0.4, 0.5) is 5.82 Å². The Morgan fingerprint density at radius 3 is 2.38 bits per heavy atom. The van der Waals surface area contributed by atoms with E-state index in [9.17, 15) is 9.59 Å².